The molecule has 4 heteroatoms. The SMILES string of the molecule is Cc1ccc(NC(=O)COc2cccc(C)c2C)c(N)c1. The number of anilines is 2. The van der Waals surface area contributed by atoms with Gasteiger partial charge >= 0.3 is 0 Å². The molecule has 0 aromatic heterocycles. The molecule has 0 saturated heterocycles. The first-order valence-corrected chi connectivity index (χ1v) is 6.82. The average molecular weight is 284 g/mol. The van der Waals surface area contributed by atoms with Crippen LogP contribution in [0.1, 0.15) is 16.7 Å². The summed E-state index contributed by atoms with van der Waals surface area (Å²) < 4.78 is 5.56. The van der Waals surface area contributed by atoms with E-state index < -0.39 is 0 Å². The van der Waals surface area contributed by atoms with Gasteiger partial charge in [-0.15, -0.1) is 0 Å². The van der Waals surface area contributed by atoms with Gasteiger partial charge in [0, 0.05) is 0 Å². The number of nitrogens with two attached hydrogens (primary N) is 1. The predicted octanol–water partition coefficient (Wildman–Crippen LogP) is 3.21. The van der Waals surface area contributed by atoms with Crippen LogP contribution in [0.25, 0.3) is 0 Å². The molecule has 2 aromatic rings. The predicted molar refractivity (Wildman–Crippen MR) is 85.6 cm³/mol. The van der Waals surface area contributed by atoms with Crippen molar-refractivity contribution in [3.05, 3.63) is 53.1 Å². The molecule has 0 aliphatic carbocycles. The fourth-order valence-corrected chi connectivity index (χ4v) is 2.01. The van der Waals surface area contributed by atoms with E-state index in [0.29, 0.717) is 11.4 Å². The number of nitrogens with one attached hydrogen (secondary N) is 1. The molecule has 3 N–H and O–H groups in total. The van der Waals surface area contributed by atoms with Crippen molar-refractivity contribution in [1.29, 1.82) is 0 Å². The summed E-state index contributed by atoms with van der Waals surface area (Å²) >= 11 is 0. The maximum absolute atomic E-state index is 11.9. The lowest BCUT2D eigenvalue weighted by molar-refractivity contribution is -0.118. The van der Waals surface area contributed by atoms with Gasteiger partial charge in [0.15, 0.2) is 6.61 Å². The van der Waals surface area contributed by atoms with Crippen LogP contribution in [0.5, 0.6) is 5.75 Å². The quantitative estimate of drug-likeness (QED) is 0.847. The number of amides is 1. The molecule has 2 aromatic carbocycles. The molecule has 0 fully saturated rings. The Morgan fingerprint density at radius 1 is 1.19 bits per heavy atom. The van der Waals surface area contributed by atoms with Crippen LogP contribution in [0.15, 0.2) is 36.4 Å². The first-order valence-electron chi connectivity index (χ1n) is 6.82. The maximum atomic E-state index is 11.9. The van der Waals surface area contributed by atoms with Gasteiger partial charge in [-0.2, -0.15) is 0 Å². The molecule has 0 spiro atoms. The molecular formula is C17H20N2O2. The molecule has 0 atom stereocenters. The van der Waals surface area contributed by atoms with E-state index in [0.717, 1.165) is 22.4 Å². The lowest BCUT2D eigenvalue weighted by Gasteiger charge is -2.12. The maximum Gasteiger partial charge on any atom is 0.262 e. The van der Waals surface area contributed by atoms with Gasteiger partial charge in [-0.25, -0.2) is 0 Å². The van der Waals surface area contributed by atoms with Gasteiger partial charge in [0.25, 0.3) is 5.91 Å². The van der Waals surface area contributed by atoms with Crippen LogP contribution in [0.4, 0.5) is 11.4 Å². The summed E-state index contributed by atoms with van der Waals surface area (Å²) in [7, 11) is 0. The van der Waals surface area contributed by atoms with E-state index in [4.69, 9.17) is 10.5 Å². The first kappa shape index (κ1) is 14.9. The van der Waals surface area contributed by atoms with Crippen LogP contribution in [0.3, 0.4) is 0 Å². The summed E-state index contributed by atoms with van der Waals surface area (Å²) in [4.78, 5) is 11.9. The van der Waals surface area contributed by atoms with Gasteiger partial charge in [0.1, 0.15) is 5.75 Å². The van der Waals surface area contributed by atoms with Gasteiger partial charge in [-0.3, -0.25) is 4.79 Å². The van der Waals surface area contributed by atoms with E-state index in [1.807, 2.05) is 51.1 Å². The Kier molecular flexibility index (Phi) is 4.48. The van der Waals surface area contributed by atoms with Crippen LogP contribution in [-0.4, -0.2) is 12.5 Å². The molecule has 21 heavy (non-hydrogen) atoms. The molecule has 2 rings (SSSR count). The molecule has 0 saturated carbocycles. The third-order valence-electron chi connectivity index (χ3n) is 3.39. The smallest absolute Gasteiger partial charge is 0.262 e. The van der Waals surface area contributed by atoms with Crippen molar-refractivity contribution in [3.63, 3.8) is 0 Å². The Balaban J connectivity index is 1.97. The molecule has 0 heterocycles. The van der Waals surface area contributed by atoms with Crippen molar-refractivity contribution < 1.29 is 9.53 Å². The number of carbonyl (C=O) groups is 1. The third-order valence-corrected chi connectivity index (χ3v) is 3.39. The highest BCUT2D eigenvalue weighted by Crippen LogP contribution is 2.21. The fourth-order valence-electron chi connectivity index (χ4n) is 2.01. The monoisotopic (exact) mass is 284 g/mol. The summed E-state index contributed by atoms with van der Waals surface area (Å²) in [5.41, 5.74) is 10.3. The normalized spacial score (nSPS) is 10.2. The van der Waals surface area contributed by atoms with E-state index in [1.54, 1.807) is 6.07 Å². The largest absolute Gasteiger partial charge is 0.483 e. The van der Waals surface area contributed by atoms with Crippen LogP contribution < -0.4 is 15.8 Å². The lowest BCUT2D eigenvalue weighted by atomic mass is 10.1. The van der Waals surface area contributed by atoms with Crippen molar-refractivity contribution >= 4 is 17.3 Å². The van der Waals surface area contributed by atoms with Crippen LogP contribution in [0.2, 0.25) is 0 Å². The Labute approximate surface area is 124 Å². The number of aryl methyl sites for hydroxylation is 2. The first-order chi connectivity index (χ1) is 9.97. The second-order valence-electron chi connectivity index (χ2n) is 5.13. The van der Waals surface area contributed by atoms with E-state index in [1.165, 1.54) is 0 Å². The Morgan fingerprint density at radius 2 is 1.95 bits per heavy atom. The molecule has 0 aliphatic heterocycles. The highest BCUT2D eigenvalue weighted by molar-refractivity contribution is 5.94. The zero-order valence-electron chi connectivity index (χ0n) is 12.6. The molecule has 0 aliphatic rings. The molecule has 0 bridgehead atoms. The summed E-state index contributed by atoms with van der Waals surface area (Å²) in [6.07, 6.45) is 0. The number of hydrogen-bond donors (Lipinski definition) is 2. The van der Waals surface area contributed by atoms with E-state index in [9.17, 15) is 4.79 Å². The van der Waals surface area contributed by atoms with Gasteiger partial charge in [-0.05, 0) is 55.7 Å². The number of rotatable bonds is 4. The number of nitrogen functional groups attached to an aromatic ring is 1. The second-order valence-corrected chi connectivity index (χ2v) is 5.13. The van der Waals surface area contributed by atoms with Gasteiger partial charge in [-0.1, -0.05) is 18.2 Å². The molecule has 0 unspecified atom stereocenters. The Morgan fingerprint density at radius 3 is 2.67 bits per heavy atom. The van der Waals surface area contributed by atoms with Crippen molar-refractivity contribution in [2.75, 3.05) is 17.7 Å². The minimum atomic E-state index is -0.230. The molecule has 1 amide bonds. The summed E-state index contributed by atoms with van der Waals surface area (Å²) in [5.74, 6) is 0.494. The summed E-state index contributed by atoms with van der Waals surface area (Å²) in [6, 6.07) is 11.3. The molecule has 4 nitrogen and oxygen atoms in total. The Bertz CT molecular complexity index is 666. The Hall–Kier alpha value is -2.49. The minimum absolute atomic E-state index is 0.0440. The number of benzene rings is 2. The van der Waals surface area contributed by atoms with Crippen molar-refractivity contribution in [2.45, 2.75) is 20.8 Å². The summed E-state index contributed by atoms with van der Waals surface area (Å²) in [5, 5.41) is 2.75. The average Bonchev–Trinajstić information content (AvgIpc) is 2.43. The lowest BCUT2D eigenvalue weighted by Crippen LogP contribution is -2.21. The second kappa shape index (κ2) is 6.31. The van der Waals surface area contributed by atoms with Crippen LogP contribution >= 0.6 is 0 Å². The fraction of sp³-hybridized carbons (Fsp3) is 0.235. The minimum Gasteiger partial charge on any atom is -0.483 e. The molecule has 110 valence electrons. The topological polar surface area (TPSA) is 64.3 Å². The number of carbonyl (C=O) groups excluding carboxylic acids is 1. The van der Waals surface area contributed by atoms with Gasteiger partial charge < -0.3 is 15.8 Å². The van der Waals surface area contributed by atoms with E-state index >= 15 is 0 Å². The van der Waals surface area contributed by atoms with E-state index in [2.05, 4.69) is 5.32 Å². The molecular weight excluding hydrogens is 264 g/mol. The molecule has 0 radical (unpaired) electrons. The summed E-state index contributed by atoms with van der Waals surface area (Å²) in [6.45, 7) is 5.89. The van der Waals surface area contributed by atoms with Crippen molar-refractivity contribution in [1.82, 2.24) is 0 Å². The number of ether oxygens (including phenoxy) is 1. The zero-order valence-corrected chi connectivity index (χ0v) is 12.6. The zero-order chi connectivity index (χ0) is 15.4. The highest BCUT2D eigenvalue weighted by atomic mass is 16.5. The van der Waals surface area contributed by atoms with Crippen LogP contribution in [-0.2, 0) is 4.79 Å². The number of hydrogen-bond acceptors (Lipinski definition) is 3. The van der Waals surface area contributed by atoms with Crippen molar-refractivity contribution in [2.24, 2.45) is 0 Å². The van der Waals surface area contributed by atoms with Crippen molar-refractivity contribution in [3.8, 4) is 5.75 Å². The highest BCUT2D eigenvalue weighted by Gasteiger charge is 2.08. The third kappa shape index (κ3) is 3.75. The van der Waals surface area contributed by atoms with Gasteiger partial charge in [0.05, 0.1) is 11.4 Å². The van der Waals surface area contributed by atoms with Crippen LogP contribution in [0, 0.1) is 20.8 Å². The standard InChI is InChI=1S/C17H20N2O2/c1-11-7-8-15(14(18)9-11)19-17(20)10-21-16-6-4-5-12(2)13(16)3/h4-9H,10,18H2,1-3H3,(H,19,20). The van der Waals surface area contributed by atoms with E-state index in [-0.39, 0.29) is 12.5 Å². The van der Waals surface area contributed by atoms with Gasteiger partial charge in [0.2, 0.25) is 0 Å².